The monoisotopic (exact) mass is 387 g/mol. The second kappa shape index (κ2) is 8.48. The third-order valence-corrected chi connectivity index (χ3v) is 4.65. The van der Waals surface area contributed by atoms with Crippen LogP contribution >= 0.6 is 0 Å². The number of nitrogens with one attached hydrogen (secondary N) is 2. The van der Waals surface area contributed by atoms with Crippen molar-refractivity contribution in [3.8, 4) is 11.5 Å². The predicted molar refractivity (Wildman–Crippen MR) is 111 cm³/mol. The molecule has 1 heterocycles. The van der Waals surface area contributed by atoms with Gasteiger partial charge in [0.15, 0.2) is 0 Å². The molecule has 3 amide bonds. The van der Waals surface area contributed by atoms with E-state index in [1.807, 2.05) is 54.6 Å². The number of benzene rings is 3. The van der Waals surface area contributed by atoms with Crippen molar-refractivity contribution in [2.45, 2.75) is 6.54 Å². The van der Waals surface area contributed by atoms with Crippen molar-refractivity contribution in [1.82, 2.24) is 10.6 Å². The molecule has 3 aromatic rings. The zero-order valence-corrected chi connectivity index (χ0v) is 15.8. The lowest BCUT2D eigenvalue weighted by Gasteiger charge is -2.14. The Balaban J connectivity index is 1.31. The summed E-state index contributed by atoms with van der Waals surface area (Å²) >= 11 is 0. The van der Waals surface area contributed by atoms with Crippen molar-refractivity contribution in [3.63, 3.8) is 0 Å². The zero-order valence-electron chi connectivity index (χ0n) is 15.8. The van der Waals surface area contributed by atoms with E-state index in [4.69, 9.17) is 4.74 Å². The zero-order chi connectivity index (χ0) is 20.1. The molecule has 1 saturated heterocycles. The highest BCUT2D eigenvalue weighted by molar-refractivity contribution is 5.97. The largest absolute Gasteiger partial charge is 0.457 e. The molecule has 6 heteroatoms. The summed E-state index contributed by atoms with van der Waals surface area (Å²) in [6.45, 7) is 1.69. The lowest BCUT2D eigenvalue weighted by atomic mass is 10.1. The Kier molecular flexibility index (Phi) is 5.42. The fourth-order valence-electron chi connectivity index (χ4n) is 3.10. The van der Waals surface area contributed by atoms with Crippen LogP contribution in [-0.4, -0.2) is 25.0 Å². The van der Waals surface area contributed by atoms with Crippen LogP contribution < -0.4 is 20.3 Å². The first-order valence-electron chi connectivity index (χ1n) is 9.44. The lowest BCUT2D eigenvalue weighted by Crippen LogP contribution is -2.27. The van der Waals surface area contributed by atoms with E-state index in [0.29, 0.717) is 25.2 Å². The molecule has 0 atom stereocenters. The van der Waals surface area contributed by atoms with Gasteiger partial charge in [0.05, 0.1) is 0 Å². The molecule has 3 aromatic carbocycles. The standard InChI is InChI=1S/C23H21N3O3/c27-22(18-8-10-19(11-9-18)26-15-14-24-23(26)28)25-16-17-6-12-21(13-7-17)29-20-4-2-1-3-5-20/h1-13H,14-16H2,(H,24,28)(H,25,27). The van der Waals surface area contributed by atoms with Crippen LogP contribution in [0, 0.1) is 0 Å². The Hall–Kier alpha value is -3.80. The molecule has 4 rings (SSSR count). The molecule has 0 spiro atoms. The highest BCUT2D eigenvalue weighted by Crippen LogP contribution is 2.21. The van der Waals surface area contributed by atoms with Crippen LogP contribution in [0.4, 0.5) is 10.5 Å². The number of urea groups is 1. The molecule has 1 fully saturated rings. The van der Waals surface area contributed by atoms with E-state index in [1.165, 1.54) is 0 Å². The summed E-state index contributed by atoms with van der Waals surface area (Å²) in [5.74, 6) is 1.36. The van der Waals surface area contributed by atoms with Gasteiger partial charge in [0, 0.05) is 30.9 Å². The Morgan fingerprint density at radius 1 is 0.931 bits per heavy atom. The van der Waals surface area contributed by atoms with Crippen molar-refractivity contribution < 1.29 is 14.3 Å². The quantitative estimate of drug-likeness (QED) is 0.673. The summed E-state index contributed by atoms with van der Waals surface area (Å²) in [6, 6.07) is 24.1. The molecule has 29 heavy (non-hydrogen) atoms. The van der Waals surface area contributed by atoms with Crippen LogP contribution in [0.5, 0.6) is 11.5 Å². The summed E-state index contributed by atoms with van der Waals surface area (Å²) in [5.41, 5.74) is 2.31. The average Bonchev–Trinajstić information content (AvgIpc) is 3.20. The summed E-state index contributed by atoms with van der Waals surface area (Å²) in [5, 5.41) is 5.67. The molecular weight excluding hydrogens is 366 g/mol. The first-order valence-corrected chi connectivity index (χ1v) is 9.44. The number of carbonyl (C=O) groups is 2. The Morgan fingerprint density at radius 3 is 2.28 bits per heavy atom. The fourth-order valence-corrected chi connectivity index (χ4v) is 3.10. The molecule has 146 valence electrons. The van der Waals surface area contributed by atoms with Gasteiger partial charge < -0.3 is 15.4 Å². The van der Waals surface area contributed by atoms with E-state index in [1.54, 1.807) is 29.2 Å². The first kappa shape index (κ1) is 18.6. The van der Waals surface area contributed by atoms with Gasteiger partial charge in [-0.25, -0.2) is 4.79 Å². The van der Waals surface area contributed by atoms with Gasteiger partial charge in [0.2, 0.25) is 0 Å². The summed E-state index contributed by atoms with van der Waals surface area (Å²) in [6.07, 6.45) is 0. The molecule has 0 bridgehead atoms. The minimum atomic E-state index is -0.160. The molecule has 0 aliphatic carbocycles. The third kappa shape index (κ3) is 4.55. The van der Waals surface area contributed by atoms with Crippen LogP contribution in [0.25, 0.3) is 0 Å². The second-order valence-corrected chi connectivity index (χ2v) is 6.67. The predicted octanol–water partition coefficient (Wildman–Crippen LogP) is 3.94. The van der Waals surface area contributed by atoms with Crippen molar-refractivity contribution in [1.29, 1.82) is 0 Å². The van der Waals surface area contributed by atoms with Crippen molar-refractivity contribution in [2.75, 3.05) is 18.0 Å². The number of hydrogen-bond donors (Lipinski definition) is 2. The lowest BCUT2D eigenvalue weighted by molar-refractivity contribution is 0.0951. The van der Waals surface area contributed by atoms with Crippen molar-refractivity contribution in [3.05, 3.63) is 90.0 Å². The molecule has 0 radical (unpaired) electrons. The van der Waals surface area contributed by atoms with E-state index in [-0.39, 0.29) is 11.9 Å². The molecule has 0 unspecified atom stereocenters. The minimum absolute atomic E-state index is 0.109. The van der Waals surface area contributed by atoms with Crippen molar-refractivity contribution >= 4 is 17.6 Å². The second-order valence-electron chi connectivity index (χ2n) is 6.67. The van der Waals surface area contributed by atoms with Gasteiger partial charge in [0.1, 0.15) is 11.5 Å². The van der Waals surface area contributed by atoms with E-state index < -0.39 is 0 Å². The summed E-state index contributed by atoms with van der Waals surface area (Å²) < 4.78 is 5.77. The highest BCUT2D eigenvalue weighted by atomic mass is 16.5. The molecule has 0 saturated carbocycles. The van der Waals surface area contributed by atoms with Gasteiger partial charge in [-0.05, 0) is 54.1 Å². The molecule has 1 aliphatic heterocycles. The molecule has 0 aromatic heterocycles. The van der Waals surface area contributed by atoms with Gasteiger partial charge in [-0.3, -0.25) is 9.69 Å². The normalized spacial score (nSPS) is 13.1. The number of amides is 3. The fraction of sp³-hybridized carbons (Fsp3) is 0.130. The highest BCUT2D eigenvalue weighted by Gasteiger charge is 2.21. The maximum Gasteiger partial charge on any atom is 0.321 e. The van der Waals surface area contributed by atoms with E-state index in [0.717, 1.165) is 22.7 Å². The van der Waals surface area contributed by atoms with Crippen LogP contribution in [0.1, 0.15) is 15.9 Å². The SMILES string of the molecule is O=C(NCc1ccc(Oc2ccccc2)cc1)c1ccc(N2CCNC2=O)cc1. The topological polar surface area (TPSA) is 70.7 Å². The van der Waals surface area contributed by atoms with Crippen LogP contribution in [0.15, 0.2) is 78.9 Å². The maximum atomic E-state index is 12.4. The summed E-state index contributed by atoms with van der Waals surface area (Å²) in [4.78, 5) is 25.8. The van der Waals surface area contributed by atoms with Gasteiger partial charge in [-0.2, -0.15) is 0 Å². The Morgan fingerprint density at radius 2 is 1.62 bits per heavy atom. The number of anilines is 1. The number of ether oxygens (including phenoxy) is 1. The number of carbonyl (C=O) groups excluding carboxylic acids is 2. The number of rotatable bonds is 6. The number of nitrogens with zero attached hydrogens (tertiary/aromatic N) is 1. The van der Waals surface area contributed by atoms with E-state index in [9.17, 15) is 9.59 Å². The van der Waals surface area contributed by atoms with Gasteiger partial charge >= 0.3 is 6.03 Å². The van der Waals surface area contributed by atoms with Crippen LogP contribution in [0.3, 0.4) is 0 Å². The number of hydrogen-bond acceptors (Lipinski definition) is 3. The van der Waals surface area contributed by atoms with Gasteiger partial charge in [-0.1, -0.05) is 30.3 Å². The maximum absolute atomic E-state index is 12.4. The van der Waals surface area contributed by atoms with Gasteiger partial charge in [-0.15, -0.1) is 0 Å². The molecular formula is C23H21N3O3. The molecule has 6 nitrogen and oxygen atoms in total. The Bertz CT molecular complexity index is 986. The molecule has 1 aliphatic rings. The van der Waals surface area contributed by atoms with Crippen LogP contribution in [-0.2, 0) is 6.54 Å². The smallest absolute Gasteiger partial charge is 0.321 e. The van der Waals surface area contributed by atoms with Crippen molar-refractivity contribution in [2.24, 2.45) is 0 Å². The van der Waals surface area contributed by atoms with Gasteiger partial charge in [0.25, 0.3) is 5.91 Å². The molecule has 2 N–H and O–H groups in total. The summed E-state index contributed by atoms with van der Waals surface area (Å²) in [7, 11) is 0. The number of para-hydroxylation sites is 1. The van der Waals surface area contributed by atoms with E-state index >= 15 is 0 Å². The first-order chi connectivity index (χ1) is 14.2. The third-order valence-electron chi connectivity index (χ3n) is 4.65. The average molecular weight is 387 g/mol. The van der Waals surface area contributed by atoms with E-state index in [2.05, 4.69) is 10.6 Å². The minimum Gasteiger partial charge on any atom is -0.457 e. The van der Waals surface area contributed by atoms with Crippen LogP contribution in [0.2, 0.25) is 0 Å². The Labute approximate surface area is 169 Å².